The predicted molar refractivity (Wildman–Crippen MR) is 149 cm³/mol. The van der Waals surface area contributed by atoms with Crippen molar-refractivity contribution in [3.63, 3.8) is 0 Å². The summed E-state index contributed by atoms with van der Waals surface area (Å²) in [5.41, 5.74) is 1.51. The molecule has 0 heterocycles. The third-order valence-corrected chi connectivity index (χ3v) is 6.86. The van der Waals surface area contributed by atoms with E-state index in [9.17, 15) is 5.11 Å². The summed E-state index contributed by atoms with van der Waals surface area (Å²) in [5, 5.41) is 10.9. The zero-order chi connectivity index (χ0) is 26.6. The highest BCUT2D eigenvalue weighted by Gasteiger charge is 2.34. The van der Waals surface area contributed by atoms with Gasteiger partial charge in [-0.05, 0) is 88.3 Å². The second-order valence-corrected chi connectivity index (χ2v) is 10.2. The van der Waals surface area contributed by atoms with Crippen molar-refractivity contribution in [2.24, 2.45) is 11.8 Å². The molecule has 5 nitrogen and oxygen atoms in total. The Balaban J connectivity index is 0.000000351. The maximum atomic E-state index is 10.9. The summed E-state index contributed by atoms with van der Waals surface area (Å²) in [5.74, 6) is 3.16. The molecule has 2 aromatic rings. The monoisotopic (exact) mass is 486 g/mol. The molecule has 0 aromatic heterocycles. The van der Waals surface area contributed by atoms with Crippen molar-refractivity contribution in [2.45, 2.75) is 52.1 Å². The lowest BCUT2D eigenvalue weighted by Crippen LogP contribution is -2.38. The van der Waals surface area contributed by atoms with E-state index < -0.39 is 5.60 Å². The summed E-state index contributed by atoms with van der Waals surface area (Å²) in [6.45, 7) is 10.7. The van der Waals surface area contributed by atoms with Crippen LogP contribution in [-0.2, 0) is 5.60 Å². The van der Waals surface area contributed by atoms with Gasteiger partial charge in [0.15, 0.2) is 0 Å². The Morgan fingerprint density at radius 1 is 0.829 bits per heavy atom. The Morgan fingerprint density at radius 3 is 1.86 bits per heavy atom. The van der Waals surface area contributed by atoms with Crippen LogP contribution in [0.3, 0.4) is 0 Å². The number of hydrogen-bond acceptors (Lipinski definition) is 5. The number of methoxy groups -OCH3 is 2. The van der Waals surface area contributed by atoms with E-state index in [0.717, 1.165) is 30.2 Å². The van der Waals surface area contributed by atoms with Gasteiger partial charge in [-0.3, -0.25) is 0 Å². The first kappa shape index (κ1) is 31.0. The molecule has 2 aromatic carbocycles. The van der Waals surface area contributed by atoms with Crippen LogP contribution in [0.4, 0.5) is 0 Å². The Morgan fingerprint density at radius 2 is 1.37 bits per heavy atom. The molecule has 4 atom stereocenters. The van der Waals surface area contributed by atoms with Gasteiger partial charge in [-0.1, -0.05) is 52.0 Å². The summed E-state index contributed by atoms with van der Waals surface area (Å²) in [4.78, 5) is 4.36. The number of benzene rings is 2. The lowest BCUT2D eigenvalue weighted by molar-refractivity contribution is -0.0293. The lowest BCUT2D eigenvalue weighted by atomic mass is 9.80. The number of hydrogen-bond donors (Lipinski definition) is 1. The van der Waals surface area contributed by atoms with Crippen LogP contribution in [0.5, 0.6) is 11.5 Å². The standard InChI is InChI=1S/C15H25NO2.C15H25NO/c1-6-15(17,12(2)11-16(3)4)13-8-7-9-14(10-13)18-5;1-6-15(12(2)11-16(3)4)13-8-7-9-14(10-13)17-5/h7-10,12,17H,6,11H2,1-5H3;7-10,12,15H,6,11H2,1-5H3/t2*12-,15+/m00/s1. The van der Waals surface area contributed by atoms with Gasteiger partial charge in [-0.15, -0.1) is 0 Å². The number of aliphatic hydroxyl groups is 1. The molecule has 0 amide bonds. The molecule has 35 heavy (non-hydrogen) atoms. The van der Waals surface area contributed by atoms with Gasteiger partial charge in [0.2, 0.25) is 0 Å². The zero-order valence-electron chi connectivity index (χ0n) is 23.8. The molecule has 5 heteroatoms. The van der Waals surface area contributed by atoms with Crippen molar-refractivity contribution < 1.29 is 14.6 Å². The highest BCUT2D eigenvalue weighted by molar-refractivity contribution is 5.33. The molecule has 0 radical (unpaired) electrons. The van der Waals surface area contributed by atoms with Gasteiger partial charge in [0.05, 0.1) is 19.8 Å². The maximum absolute atomic E-state index is 10.9. The number of ether oxygens (including phenoxy) is 2. The summed E-state index contributed by atoms with van der Waals surface area (Å²) in [7, 11) is 11.7. The number of nitrogens with zero attached hydrogens (tertiary/aromatic N) is 2. The van der Waals surface area contributed by atoms with Crippen LogP contribution in [0, 0.1) is 11.8 Å². The Labute approximate surface area is 215 Å². The SMILES string of the molecule is CC[C@@H](c1cccc(OC)c1)[C@@H](C)CN(C)C.CC[C@](O)(c1cccc(OC)c1)[C@@H](C)CN(C)C. The molecule has 0 aliphatic carbocycles. The molecule has 2 rings (SSSR count). The van der Waals surface area contributed by atoms with E-state index >= 15 is 0 Å². The van der Waals surface area contributed by atoms with Crippen LogP contribution in [0.2, 0.25) is 0 Å². The molecule has 0 aliphatic rings. The summed E-state index contributed by atoms with van der Waals surface area (Å²) in [6, 6.07) is 16.2. The lowest BCUT2D eigenvalue weighted by Gasteiger charge is -2.35. The highest BCUT2D eigenvalue weighted by atomic mass is 16.5. The molecule has 0 fully saturated rings. The van der Waals surface area contributed by atoms with E-state index in [1.807, 2.05) is 51.4 Å². The molecule has 0 aliphatic heterocycles. The third kappa shape index (κ3) is 9.47. The fraction of sp³-hybridized carbons (Fsp3) is 0.600. The Kier molecular flexibility index (Phi) is 13.4. The molecule has 0 bridgehead atoms. The fourth-order valence-electron chi connectivity index (χ4n) is 4.97. The maximum Gasteiger partial charge on any atom is 0.119 e. The van der Waals surface area contributed by atoms with E-state index in [1.54, 1.807) is 14.2 Å². The molecule has 0 saturated carbocycles. The van der Waals surface area contributed by atoms with Crippen molar-refractivity contribution in [2.75, 3.05) is 55.5 Å². The average Bonchev–Trinajstić information content (AvgIpc) is 2.83. The minimum absolute atomic E-state index is 0.157. The van der Waals surface area contributed by atoms with Gasteiger partial charge in [-0.2, -0.15) is 0 Å². The molecule has 198 valence electrons. The Hall–Kier alpha value is -2.08. The van der Waals surface area contributed by atoms with E-state index in [4.69, 9.17) is 9.47 Å². The third-order valence-electron chi connectivity index (χ3n) is 6.86. The van der Waals surface area contributed by atoms with Crippen LogP contribution in [0.1, 0.15) is 57.6 Å². The van der Waals surface area contributed by atoms with Gasteiger partial charge in [0.25, 0.3) is 0 Å². The largest absolute Gasteiger partial charge is 0.497 e. The van der Waals surface area contributed by atoms with E-state index in [1.165, 1.54) is 12.0 Å². The van der Waals surface area contributed by atoms with Gasteiger partial charge >= 0.3 is 0 Å². The molecular formula is C30H50N2O3. The topological polar surface area (TPSA) is 45.2 Å². The van der Waals surface area contributed by atoms with Crippen molar-refractivity contribution in [3.05, 3.63) is 59.7 Å². The molecular weight excluding hydrogens is 436 g/mol. The van der Waals surface area contributed by atoms with Crippen molar-refractivity contribution in [1.29, 1.82) is 0 Å². The molecule has 0 saturated heterocycles. The van der Waals surface area contributed by atoms with Gasteiger partial charge in [0, 0.05) is 19.0 Å². The number of rotatable bonds is 12. The summed E-state index contributed by atoms with van der Waals surface area (Å²) < 4.78 is 10.5. The predicted octanol–water partition coefficient (Wildman–Crippen LogP) is 5.88. The first-order valence-electron chi connectivity index (χ1n) is 12.8. The summed E-state index contributed by atoms with van der Waals surface area (Å²) >= 11 is 0. The van der Waals surface area contributed by atoms with Crippen LogP contribution >= 0.6 is 0 Å². The quantitative estimate of drug-likeness (QED) is 0.406. The zero-order valence-corrected chi connectivity index (χ0v) is 23.8. The smallest absolute Gasteiger partial charge is 0.119 e. The van der Waals surface area contributed by atoms with Gasteiger partial charge < -0.3 is 24.4 Å². The van der Waals surface area contributed by atoms with Crippen molar-refractivity contribution >= 4 is 0 Å². The van der Waals surface area contributed by atoms with E-state index in [2.05, 4.69) is 62.9 Å². The highest BCUT2D eigenvalue weighted by Crippen LogP contribution is 2.35. The minimum Gasteiger partial charge on any atom is -0.497 e. The first-order chi connectivity index (χ1) is 16.5. The second kappa shape index (κ2) is 15.1. The molecule has 0 unspecified atom stereocenters. The van der Waals surface area contributed by atoms with Crippen LogP contribution in [0.25, 0.3) is 0 Å². The fourth-order valence-corrected chi connectivity index (χ4v) is 4.97. The van der Waals surface area contributed by atoms with Crippen LogP contribution in [-0.4, -0.2) is 70.4 Å². The normalized spacial score (nSPS) is 15.6. The molecule has 0 spiro atoms. The van der Waals surface area contributed by atoms with E-state index in [0.29, 0.717) is 18.3 Å². The Bertz CT molecular complexity index is 855. The van der Waals surface area contributed by atoms with E-state index in [-0.39, 0.29) is 5.92 Å². The van der Waals surface area contributed by atoms with Crippen molar-refractivity contribution in [3.8, 4) is 11.5 Å². The second-order valence-electron chi connectivity index (χ2n) is 10.2. The molecule has 1 N–H and O–H groups in total. The van der Waals surface area contributed by atoms with Crippen LogP contribution < -0.4 is 9.47 Å². The first-order valence-corrected chi connectivity index (χ1v) is 12.8. The van der Waals surface area contributed by atoms with Gasteiger partial charge in [0.1, 0.15) is 11.5 Å². The minimum atomic E-state index is -0.807. The summed E-state index contributed by atoms with van der Waals surface area (Å²) in [6.07, 6.45) is 1.86. The average molecular weight is 487 g/mol. The van der Waals surface area contributed by atoms with Gasteiger partial charge in [-0.25, -0.2) is 0 Å². The van der Waals surface area contributed by atoms with Crippen molar-refractivity contribution in [1.82, 2.24) is 9.80 Å². The van der Waals surface area contributed by atoms with Crippen LogP contribution in [0.15, 0.2) is 48.5 Å².